The second-order valence-electron chi connectivity index (χ2n) is 8.46. The van der Waals surface area contributed by atoms with Gasteiger partial charge in [0.1, 0.15) is 5.75 Å². The van der Waals surface area contributed by atoms with Gasteiger partial charge >= 0.3 is 0 Å². The Morgan fingerprint density at radius 1 is 1.19 bits per heavy atom. The maximum absolute atomic E-state index is 12.8. The standard InChI is InChI=1S/C22H28N4O5/c1-13-8-26(9-14(2)31-13)22-23-17-11-25(5-4-16(17)21(27)24-22)10-15-6-19-20(30-12-29-19)7-18(15)28-3/h6-7,13-14H,4-5,8-12H2,1-3H3,(H,23,24,27)/t13-,14+. The molecule has 0 bridgehead atoms. The van der Waals surface area contributed by atoms with Crippen molar-refractivity contribution in [3.63, 3.8) is 0 Å². The summed E-state index contributed by atoms with van der Waals surface area (Å²) in [5.74, 6) is 2.84. The Morgan fingerprint density at radius 2 is 1.94 bits per heavy atom. The van der Waals surface area contributed by atoms with Crippen LogP contribution in [0, 0.1) is 0 Å². The molecule has 4 heterocycles. The number of aromatic nitrogens is 2. The van der Waals surface area contributed by atoms with Gasteiger partial charge in [0, 0.05) is 49.9 Å². The van der Waals surface area contributed by atoms with Gasteiger partial charge < -0.3 is 23.8 Å². The Hall–Kier alpha value is -2.78. The van der Waals surface area contributed by atoms with E-state index < -0.39 is 0 Å². The van der Waals surface area contributed by atoms with E-state index in [2.05, 4.69) is 14.8 Å². The number of nitrogens with zero attached hydrogens (tertiary/aromatic N) is 3. The lowest BCUT2D eigenvalue weighted by Gasteiger charge is -2.36. The molecule has 3 aliphatic rings. The van der Waals surface area contributed by atoms with Crippen LogP contribution in [0.15, 0.2) is 16.9 Å². The van der Waals surface area contributed by atoms with Crippen LogP contribution < -0.4 is 24.7 Å². The van der Waals surface area contributed by atoms with Crippen molar-refractivity contribution in [3.05, 3.63) is 39.3 Å². The summed E-state index contributed by atoms with van der Waals surface area (Å²) in [4.78, 5) is 25.0. The SMILES string of the molecule is COc1cc2c(cc1CN1CCc3c(nc(N4C[C@@H](C)O[C@@H](C)C4)[nH]c3=O)C1)OCO2. The van der Waals surface area contributed by atoms with E-state index in [-0.39, 0.29) is 24.6 Å². The molecule has 5 rings (SSSR count). The zero-order valence-corrected chi connectivity index (χ0v) is 18.1. The number of rotatable bonds is 4. The highest BCUT2D eigenvalue weighted by molar-refractivity contribution is 5.52. The van der Waals surface area contributed by atoms with E-state index in [0.29, 0.717) is 44.3 Å². The molecule has 9 nitrogen and oxygen atoms in total. The van der Waals surface area contributed by atoms with Gasteiger partial charge in [0.25, 0.3) is 5.56 Å². The van der Waals surface area contributed by atoms with Crippen molar-refractivity contribution in [1.29, 1.82) is 0 Å². The van der Waals surface area contributed by atoms with Gasteiger partial charge in [-0.25, -0.2) is 4.98 Å². The van der Waals surface area contributed by atoms with Crippen LogP contribution in [0.25, 0.3) is 0 Å². The topological polar surface area (TPSA) is 89.2 Å². The summed E-state index contributed by atoms with van der Waals surface area (Å²) in [6.45, 7) is 7.80. The third-order valence-electron chi connectivity index (χ3n) is 6.03. The Bertz CT molecular complexity index is 1030. The zero-order valence-electron chi connectivity index (χ0n) is 18.1. The highest BCUT2D eigenvalue weighted by Gasteiger charge is 2.27. The molecular formula is C22H28N4O5. The number of morpholine rings is 1. The molecular weight excluding hydrogens is 400 g/mol. The normalized spacial score (nSPS) is 23.0. The predicted molar refractivity (Wildman–Crippen MR) is 114 cm³/mol. The van der Waals surface area contributed by atoms with E-state index in [1.165, 1.54) is 0 Å². The molecule has 31 heavy (non-hydrogen) atoms. The summed E-state index contributed by atoms with van der Waals surface area (Å²) in [5.41, 5.74) is 2.62. The number of H-pyrrole nitrogens is 1. The molecule has 2 atom stereocenters. The summed E-state index contributed by atoms with van der Waals surface area (Å²) >= 11 is 0. The Labute approximate surface area is 180 Å². The summed E-state index contributed by atoms with van der Waals surface area (Å²) < 4.78 is 22.4. The Balaban J connectivity index is 1.38. The van der Waals surface area contributed by atoms with Gasteiger partial charge in [-0.2, -0.15) is 0 Å². The lowest BCUT2D eigenvalue weighted by molar-refractivity contribution is -0.00576. The van der Waals surface area contributed by atoms with Crippen LogP contribution in [0.2, 0.25) is 0 Å². The van der Waals surface area contributed by atoms with Crippen molar-refractivity contribution in [2.45, 2.75) is 45.6 Å². The summed E-state index contributed by atoms with van der Waals surface area (Å²) in [6.07, 6.45) is 0.862. The summed E-state index contributed by atoms with van der Waals surface area (Å²) in [7, 11) is 1.66. The number of ether oxygens (including phenoxy) is 4. The first-order valence-electron chi connectivity index (χ1n) is 10.7. The van der Waals surface area contributed by atoms with E-state index in [1.54, 1.807) is 7.11 Å². The van der Waals surface area contributed by atoms with Crippen LogP contribution in [-0.4, -0.2) is 60.6 Å². The van der Waals surface area contributed by atoms with E-state index in [9.17, 15) is 4.79 Å². The average molecular weight is 428 g/mol. The fraction of sp³-hybridized carbons (Fsp3) is 0.545. The van der Waals surface area contributed by atoms with Crippen LogP contribution in [0.5, 0.6) is 17.2 Å². The van der Waals surface area contributed by atoms with Crippen molar-refractivity contribution in [1.82, 2.24) is 14.9 Å². The summed E-state index contributed by atoms with van der Waals surface area (Å²) in [5, 5.41) is 0. The number of nitrogens with one attached hydrogen (secondary N) is 1. The average Bonchev–Trinajstić information content (AvgIpc) is 3.19. The molecule has 0 saturated carbocycles. The molecule has 0 unspecified atom stereocenters. The molecule has 3 aliphatic heterocycles. The maximum Gasteiger partial charge on any atom is 0.255 e. The minimum Gasteiger partial charge on any atom is -0.496 e. The largest absolute Gasteiger partial charge is 0.496 e. The minimum absolute atomic E-state index is 0.0351. The Kier molecular flexibility index (Phi) is 5.23. The van der Waals surface area contributed by atoms with E-state index >= 15 is 0 Å². The van der Waals surface area contributed by atoms with Crippen molar-refractivity contribution < 1.29 is 18.9 Å². The molecule has 0 radical (unpaired) electrons. The number of methoxy groups -OCH3 is 1. The van der Waals surface area contributed by atoms with Crippen LogP contribution >= 0.6 is 0 Å². The van der Waals surface area contributed by atoms with E-state index in [0.717, 1.165) is 34.9 Å². The molecule has 1 aromatic heterocycles. The smallest absolute Gasteiger partial charge is 0.255 e. The zero-order chi connectivity index (χ0) is 21.5. The molecule has 1 aromatic carbocycles. The van der Waals surface area contributed by atoms with Crippen LogP contribution in [-0.2, 0) is 24.2 Å². The third kappa shape index (κ3) is 3.95. The molecule has 9 heteroatoms. The van der Waals surface area contributed by atoms with Gasteiger partial charge in [0.05, 0.1) is 25.0 Å². The molecule has 2 aromatic rings. The minimum atomic E-state index is -0.0351. The lowest BCUT2D eigenvalue weighted by atomic mass is 10.0. The van der Waals surface area contributed by atoms with Crippen LogP contribution in [0.4, 0.5) is 5.95 Å². The fourth-order valence-electron chi connectivity index (χ4n) is 4.64. The molecule has 166 valence electrons. The Morgan fingerprint density at radius 3 is 2.68 bits per heavy atom. The number of aromatic amines is 1. The van der Waals surface area contributed by atoms with E-state index in [4.69, 9.17) is 23.9 Å². The number of hydrogen-bond acceptors (Lipinski definition) is 8. The van der Waals surface area contributed by atoms with Gasteiger partial charge in [-0.15, -0.1) is 0 Å². The molecule has 0 amide bonds. The third-order valence-corrected chi connectivity index (χ3v) is 6.03. The first-order chi connectivity index (χ1) is 15.0. The monoisotopic (exact) mass is 428 g/mol. The van der Waals surface area contributed by atoms with Crippen molar-refractivity contribution in [3.8, 4) is 17.2 Å². The van der Waals surface area contributed by atoms with Crippen molar-refractivity contribution >= 4 is 5.95 Å². The second-order valence-corrected chi connectivity index (χ2v) is 8.46. The fourth-order valence-corrected chi connectivity index (χ4v) is 4.64. The first kappa shape index (κ1) is 20.1. The molecule has 0 aliphatic carbocycles. The van der Waals surface area contributed by atoms with Gasteiger partial charge in [0.2, 0.25) is 12.7 Å². The molecule has 0 spiro atoms. The van der Waals surface area contributed by atoms with Gasteiger partial charge in [-0.3, -0.25) is 14.7 Å². The second kappa shape index (κ2) is 8.05. The summed E-state index contributed by atoms with van der Waals surface area (Å²) in [6, 6.07) is 3.85. The lowest BCUT2D eigenvalue weighted by Crippen LogP contribution is -2.47. The number of fused-ring (bicyclic) bond motifs is 2. The predicted octanol–water partition coefficient (Wildman–Crippen LogP) is 1.68. The molecule has 1 N–H and O–H groups in total. The van der Waals surface area contributed by atoms with E-state index in [1.807, 2.05) is 26.0 Å². The number of hydrogen-bond donors (Lipinski definition) is 1. The van der Waals surface area contributed by atoms with Crippen LogP contribution in [0.3, 0.4) is 0 Å². The van der Waals surface area contributed by atoms with Gasteiger partial charge in [0.15, 0.2) is 11.5 Å². The quantitative estimate of drug-likeness (QED) is 0.787. The number of anilines is 1. The van der Waals surface area contributed by atoms with Crippen molar-refractivity contribution in [2.24, 2.45) is 0 Å². The highest BCUT2D eigenvalue weighted by Crippen LogP contribution is 2.38. The molecule has 1 fully saturated rings. The maximum atomic E-state index is 12.8. The number of benzene rings is 1. The van der Waals surface area contributed by atoms with Gasteiger partial charge in [-0.05, 0) is 26.3 Å². The first-order valence-corrected chi connectivity index (χ1v) is 10.7. The van der Waals surface area contributed by atoms with Crippen LogP contribution in [0.1, 0.15) is 30.7 Å². The molecule has 1 saturated heterocycles. The highest BCUT2D eigenvalue weighted by atomic mass is 16.7. The van der Waals surface area contributed by atoms with Gasteiger partial charge in [-0.1, -0.05) is 0 Å². The van der Waals surface area contributed by atoms with Crippen molar-refractivity contribution in [2.75, 3.05) is 38.4 Å².